The van der Waals surface area contributed by atoms with Crippen molar-refractivity contribution in [3.63, 3.8) is 0 Å². The van der Waals surface area contributed by atoms with Crippen molar-refractivity contribution in [1.82, 2.24) is 5.32 Å². The molecule has 0 aromatic heterocycles. The number of amides is 2. The smallest absolute Gasteiger partial charge is 0.246 e. The Labute approximate surface area is 143 Å². The fourth-order valence-corrected chi connectivity index (χ4v) is 3.15. The van der Waals surface area contributed by atoms with E-state index in [1.165, 1.54) is 19.3 Å². The Bertz CT molecular complexity index is 536. The molecular formula is C19H28N2O3. The molecule has 0 saturated heterocycles. The third kappa shape index (κ3) is 5.96. The average Bonchev–Trinajstić information content (AvgIpc) is 2.57. The second-order valence-corrected chi connectivity index (χ2v) is 6.66. The molecule has 5 heteroatoms. The normalized spacial score (nSPS) is 16.4. The maximum Gasteiger partial charge on any atom is 0.246 e. The van der Waals surface area contributed by atoms with Gasteiger partial charge in [-0.2, -0.15) is 0 Å². The minimum Gasteiger partial charge on any atom is -0.396 e. The Morgan fingerprint density at radius 1 is 1.17 bits per heavy atom. The molecule has 2 amide bonds. The molecule has 1 unspecified atom stereocenters. The van der Waals surface area contributed by atoms with E-state index in [9.17, 15) is 9.59 Å². The van der Waals surface area contributed by atoms with Crippen LogP contribution in [-0.2, 0) is 16.0 Å². The number of rotatable bonds is 7. The number of hydrogen-bond donors (Lipinski definition) is 3. The van der Waals surface area contributed by atoms with Crippen molar-refractivity contribution in [3.8, 4) is 0 Å². The molecule has 1 aliphatic carbocycles. The molecule has 1 fully saturated rings. The van der Waals surface area contributed by atoms with Gasteiger partial charge in [0.05, 0.1) is 0 Å². The van der Waals surface area contributed by atoms with Gasteiger partial charge in [0, 0.05) is 18.7 Å². The molecule has 1 aromatic rings. The Hall–Kier alpha value is -1.88. The first kappa shape index (κ1) is 18.5. The second-order valence-electron chi connectivity index (χ2n) is 6.66. The SMILES string of the molecule is CC(NC(=O)CC1CCCCC1)C(=O)Nc1ccc(CCO)cc1. The van der Waals surface area contributed by atoms with E-state index in [2.05, 4.69) is 10.6 Å². The van der Waals surface area contributed by atoms with Gasteiger partial charge < -0.3 is 15.7 Å². The summed E-state index contributed by atoms with van der Waals surface area (Å²) in [6, 6.07) is 6.80. The summed E-state index contributed by atoms with van der Waals surface area (Å²) in [4.78, 5) is 24.3. The third-order valence-corrected chi connectivity index (χ3v) is 4.59. The molecule has 0 spiro atoms. The maximum absolute atomic E-state index is 12.2. The monoisotopic (exact) mass is 332 g/mol. The molecule has 0 heterocycles. The van der Waals surface area contributed by atoms with Crippen molar-refractivity contribution in [2.45, 2.75) is 57.9 Å². The number of aliphatic hydroxyl groups is 1. The van der Waals surface area contributed by atoms with E-state index in [0.717, 1.165) is 18.4 Å². The molecule has 2 rings (SSSR count). The van der Waals surface area contributed by atoms with Crippen LogP contribution in [-0.4, -0.2) is 29.6 Å². The Morgan fingerprint density at radius 3 is 2.46 bits per heavy atom. The van der Waals surface area contributed by atoms with Crippen molar-refractivity contribution in [2.75, 3.05) is 11.9 Å². The number of carbonyl (C=O) groups is 2. The van der Waals surface area contributed by atoms with Gasteiger partial charge >= 0.3 is 0 Å². The van der Waals surface area contributed by atoms with Crippen LogP contribution >= 0.6 is 0 Å². The van der Waals surface area contributed by atoms with Crippen LogP contribution in [0.25, 0.3) is 0 Å². The first-order chi connectivity index (χ1) is 11.6. The molecule has 1 aromatic carbocycles. The van der Waals surface area contributed by atoms with E-state index in [0.29, 0.717) is 24.4 Å². The summed E-state index contributed by atoms with van der Waals surface area (Å²) in [5.41, 5.74) is 1.71. The standard InChI is InChI=1S/C19H28N2O3/c1-14(20-18(23)13-16-5-3-2-4-6-16)19(24)21-17-9-7-15(8-10-17)11-12-22/h7-10,14,16,22H,2-6,11-13H2,1H3,(H,20,23)(H,21,24). The first-order valence-electron chi connectivity index (χ1n) is 8.88. The predicted molar refractivity (Wildman–Crippen MR) is 94.7 cm³/mol. The van der Waals surface area contributed by atoms with Crippen LogP contribution in [0.5, 0.6) is 0 Å². The molecule has 1 aliphatic rings. The lowest BCUT2D eigenvalue weighted by atomic mass is 9.87. The second kappa shape index (κ2) is 9.42. The molecule has 5 nitrogen and oxygen atoms in total. The Kier molecular flexibility index (Phi) is 7.25. The van der Waals surface area contributed by atoms with Crippen molar-refractivity contribution in [1.29, 1.82) is 0 Å². The largest absolute Gasteiger partial charge is 0.396 e. The van der Waals surface area contributed by atoms with Gasteiger partial charge in [-0.25, -0.2) is 0 Å². The summed E-state index contributed by atoms with van der Waals surface area (Å²) >= 11 is 0. The van der Waals surface area contributed by atoms with Crippen LogP contribution in [0.4, 0.5) is 5.69 Å². The topological polar surface area (TPSA) is 78.4 Å². The summed E-state index contributed by atoms with van der Waals surface area (Å²) in [6.07, 6.45) is 7.05. The molecule has 0 radical (unpaired) electrons. The van der Waals surface area contributed by atoms with Gasteiger partial charge in [-0.3, -0.25) is 9.59 Å². The summed E-state index contributed by atoms with van der Waals surface area (Å²) in [6.45, 7) is 1.81. The zero-order chi connectivity index (χ0) is 17.4. The fraction of sp³-hybridized carbons (Fsp3) is 0.579. The molecular weight excluding hydrogens is 304 g/mol. The van der Waals surface area contributed by atoms with Crippen LogP contribution < -0.4 is 10.6 Å². The first-order valence-corrected chi connectivity index (χ1v) is 8.88. The average molecular weight is 332 g/mol. The van der Waals surface area contributed by atoms with Crippen molar-refractivity contribution in [2.24, 2.45) is 5.92 Å². The van der Waals surface area contributed by atoms with E-state index in [4.69, 9.17) is 5.11 Å². The molecule has 3 N–H and O–H groups in total. The minimum absolute atomic E-state index is 0.0390. The summed E-state index contributed by atoms with van der Waals surface area (Å²) < 4.78 is 0. The lowest BCUT2D eigenvalue weighted by molar-refractivity contribution is -0.126. The van der Waals surface area contributed by atoms with Gasteiger partial charge in [-0.05, 0) is 49.8 Å². The van der Waals surface area contributed by atoms with E-state index in [1.54, 1.807) is 19.1 Å². The van der Waals surface area contributed by atoms with Gasteiger partial charge in [0.25, 0.3) is 0 Å². The highest BCUT2D eigenvalue weighted by Gasteiger charge is 2.20. The molecule has 0 aliphatic heterocycles. The molecule has 1 saturated carbocycles. The zero-order valence-electron chi connectivity index (χ0n) is 14.4. The zero-order valence-corrected chi connectivity index (χ0v) is 14.4. The van der Waals surface area contributed by atoms with Gasteiger partial charge in [0.15, 0.2) is 0 Å². The highest BCUT2D eigenvalue weighted by molar-refractivity contribution is 5.96. The molecule has 1 atom stereocenters. The highest BCUT2D eigenvalue weighted by atomic mass is 16.3. The third-order valence-electron chi connectivity index (χ3n) is 4.59. The predicted octanol–water partition coefficient (Wildman–Crippen LogP) is 2.64. The van der Waals surface area contributed by atoms with Crippen LogP contribution in [0, 0.1) is 5.92 Å². The summed E-state index contributed by atoms with van der Waals surface area (Å²) in [5, 5.41) is 14.5. The van der Waals surface area contributed by atoms with Gasteiger partial charge in [-0.1, -0.05) is 31.4 Å². The number of hydrogen-bond acceptors (Lipinski definition) is 3. The van der Waals surface area contributed by atoms with E-state index in [-0.39, 0.29) is 18.4 Å². The van der Waals surface area contributed by atoms with E-state index < -0.39 is 6.04 Å². The van der Waals surface area contributed by atoms with Gasteiger partial charge in [-0.15, -0.1) is 0 Å². The van der Waals surface area contributed by atoms with Crippen LogP contribution in [0.3, 0.4) is 0 Å². The quantitative estimate of drug-likeness (QED) is 0.718. The summed E-state index contributed by atoms with van der Waals surface area (Å²) in [7, 11) is 0. The van der Waals surface area contributed by atoms with E-state index >= 15 is 0 Å². The lowest BCUT2D eigenvalue weighted by Crippen LogP contribution is -2.42. The number of nitrogens with one attached hydrogen (secondary N) is 2. The molecule has 0 bridgehead atoms. The fourth-order valence-electron chi connectivity index (χ4n) is 3.15. The maximum atomic E-state index is 12.2. The van der Waals surface area contributed by atoms with Crippen LogP contribution in [0.15, 0.2) is 24.3 Å². The Morgan fingerprint density at radius 2 is 1.83 bits per heavy atom. The highest BCUT2D eigenvalue weighted by Crippen LogP contribution is 2.26. The molecule has 132 valence electrons. The minimum atomic E-state index is -0.557. The molecule has 24 heavy (non-hydrogen) atoms. The number of anilines is 1. The number of benzene rings is 1. The number of aliphatic hydroxyl groups excluding tert-OH is 1. The van der Waals surface area contributed by atoms with Gasteiger partial charge in [0.1, 0.15) is 6.04 Å². The van der Waals surface area contributed by atoms with Crippen molar-refractivity contribution in [3.05, 3.63) is 29.8 Å². The lowest BCUT2D eigenvalue weighted by Gasteiger charge is -2.22. The van der Waals surface area contributed by atoms with Crippen molar-refractivity contribution < 1.29 is 14.7 Å². The van der Waals surface area contributed by atoms with Gasteiger partial charge in [0.2, 0.25) is 11.8 Å². The van der Waals surface area contributed by atoms with E-state index in [1.807, 2.05) is 12.1 Å². The van der Waals surface area contributed by atoms with Crippen LogP contribution in [0.2, 0.25) is 0 Å². The van der Waals surface area contributed by atoms with Crippen LogP contribution in [0.1, 0.15) is 51.0 Å². The van der Waals surface area contributed by atoms with Crippen molar-refractivity contribution >= 4 is 17.5 Å². The summed E-state index contributed by atoms with van der Waals surface area (Å²) in [5.74, 6) is 0.206. The number of carbonyl (C=O) groups excluding carboxylic acids is 2. The Balaban J connectivity index is 1.77.